The third-order valence-electron chi connectivity index (χ3n) is 3.96. The summed E-state index contributed by atoms with van der Waals surface area (Å²) in [5.41, 5.74) is 6.36. The maximum atomic E-state index is 11.6. The summed E-state index contributed by atoms with van der Waals surface area (Å²) in [6.07, 6.45) is 0. The van der Waals surface area contributed by atoms with Crippen molar-refractivity contribution in [3.63, 3.8) is 0 Å². The van der Waals surface area contributed by atoms with Gasteiger partial charge in [-0.3, -0.25) is 5.43 Å². The highest BCUT2D eigenvalue weighted by atomic mass is 16.4. The molecule has 0 spiro atoms. The van der Waals surface area contributed by atoms with E-state index in [4.69, 9.17) is 4.42 Å². The van der Waals surface area contributed by atoms with Gasteiger partial charge >= 0.3 is 5.63 Å². The minimum atomic E-state index is -0.425. The molecule has 1 heterocycles. The Morgan fingerprint density at radius 3 is 2.58 bits per heavy atom. The van der Waals surface area contributed by atoms with Crippen LogP contribution in [-0.4, -0.2) is 10.8 Å². The van der Waals surface area contributed by atoms with Crippen molar-refractivity contribution < 1.29 is 9.52 Å². The fraction of sp³-hybridized carbons (Fsp3) is 0.158. The molecule has 0 atom stereocenters. The molecule has 1 aromatic heterocycles. The molecule has 5 nitrogen and oxygen atoms in total. The zero-order valence-corrected chi connectivity index (χ0v) is 13.8. The van der Waals surface area contributed by atoms with E-state index >= 15 is 0 Å². The Labute approximate surface area is 139 Å². The van der Waals surface area contributed by atoms with E-state index in [0.717, 1.165) is 16.6 Å². The average molecular weight is 322 g/mol. The van der Waals surface area contributed by atoms with Gasteiger partial charge in [0.2, 0.25) is 0 Å². The van der Waals surface area contributed by atoms with Crippen molar-refractivity contribution in [1.29, 1.82) is 0 Å². The number of aromatic hydroxyl groups is 1. The van der Waals surface area contributed by atoms with Crippen LogP contribution in [0.5, 0.6) is 5.75 Å². The van der Waals surface area contributed by atoms with Gasteiger partial charge in [-0.25, -0.2) is 4.79 Å². The summed E-state index contributed by atoms with van der Waals surface area (Å²) in [6.45, 7) is 5.38. The van der Waals surface area contributed by atoms with E-state index in [1.807, 2.05) is 44.2 Å². The minimum absolute atomic E-state index is 0.0624. The second-order valence-electron chi connectivity index (χ2n) is 5.70. The average Bonchev–Trinajstić information content (AvgIpc) is 2.57. The van der Waals surface area contributed by atoms with Crippen LogP contribution in [0.3, 0.4) is 0 Å². The van der Waals surface area contributed by atoms with E-state index in [0.29, 0.717) is 22.4 Å². The number of fused-ring (bicyclic) bond motifs is 1. The first-order valence-electron chi connectivity index (χ1n) is 7.60. The highest BCUT2D eigenvalue weighted by Gasteiger charge is 2.15. The number of aryl methyl sites for hydroxylation is 2. The molecule has 0 aliphatic rings. The second-order valence-corrected chi connectivity index (χ2v) is 5.70. The second kappa shape index (κ2) is 6.20. The Morgan fingerprint density at radius 1 is 1.17 bits per heavy atom. The smallest absolute Gasteiger partial charge is 0.336 e. The first kappa shape index (κ1) is 15.8. The molecule has 0 aliphatic heterocycles. The number of nitrogens with one attached hydrogen (secondary N) is 1. The van der Waals surface area contributed by atoms with E-state index < -0.39 is 5.63 Å². The molecule has 0 saturated carbocycles. The number of anilines is 1. The molecule has 5 heteroatoms. The number of para-hydroxylation sites is 1. The van der Waals surface area contributed by atoms with Gasteiger partial charge in [-0.05, 0) is 44.5 Å². The third-order valence-corrected chi connectivity index (χ3v) is 3.96. The lowest BCUT2D eigenvalue weighted by atomic mass is 10.00. The lowest BCUT2D eigenvalue weighted by Gasteiger charge is -2.11. The van der Waals surface area contributed by atoms with Crippen molar-refractivity contribution in [3.05, 3.63) is 69.6 Å². The Balaban J connectivity index is 2.09. The van der Waals surface area contributed by atoms with Crippen molar-refractivity contribution >= 4 is 22.4 Å². The predicted molar refractivity (Wildman–Crippen MR) is 95.9 cm³/mol. The van der Waals surface area contributed by atoms with Crippen molar-refractivity contribution in [1.82, 2.24) is 0 Å². The van der Waals surface area contributed by atoms with E-state index in [1.54, 1.807) is 13.0 Å². The first-order valence-corrected chi connectivity index (χ1v) is 7.60. The van der Waals surface area contributed by atoms with Crippen LogP contribution in [0.15, 0.2) is 56.8 Å². The lowest BCUT2D eigenvalue weighted by molar-refractivity contribution is 0.467. The molecule has 3 aromatic rings. The number of benzene rings is 2. The van der Waals surface area contributed by atoms with Gasteiger partial charge in [0, 0.05) is 22.6 Å². The van der Waals surface area contributed by atoms with Gasteiger partial charge in [0.15, 0.2) is 0 Å². The van der Waals surface area contributed by atoms with E-state index in [-0.39, 0.29) is 5.75 Å². The monoisotopic (exact) mass is 322 g/mol. The van der Waals surface area contributed by atoms with Crippen LogP contribution in [-0.2, 0) is 0 Å². The first-order chi connectivity index (χ1) is 11.5. The fourth-order valence-electron chi connectivity index (χ4n) is 2.60. The third kappa shape index (κ3) is 2.88. The highest BCUT2D eigenvalue weighted by Crippen LogP contribution is 2.31. The molecule has 0 bridgehead atoms. The molecule has 2 aromatic carbocycles. The van der Waals surface area contributed by atoms with Crippen LogP contribution >= 0.6 is 0 Å². The molecule has 0 radical (unpaired) electrons. The Hall–Kier alpha value is -3.08. The quantitative estimate of drug-likeness (QED) is 0.435. The number of phenols is 1. The number of hydrazone groups is 1. The zero-order valence-electron chi connectivity index (χ0n) is 13.8. The van der Waals surface area contributed by atoms with Gasteiger partial charge in [-0.1, -0.05) is 18.2 Å². The van der Waals surface area contributed by atoms with Gasteiger partial charge in [0.1, 0.15) is 11.3 Å². The van der Waals surface area contributed by atoms with Crippen molar-refractivity contribution in [2.75, 3.05) is 5.43 Å². The summed E-state index contributed by atoms with van der Waals surface area (Å²) < 4.78 is 5.25. The summed E-state index contributed by atoms with van der Waals surface area (Å²) in [5, 5.41) is 15.6. The molecule has 0 aliphatic carbocycles. The van der Waals surface area contributed by atoms with Crippen molar-refractivity contribution in [2.24, 2.45) is 5.10 Å². The van der Waals surface area contributed by atoms with Gasteiger partial charge in [-0.2, -0.15) is 5.10 Å². The maximum absolute atomic E-state index is 11.6. The summed E-state index contributed by atoms with van der Waals surface area (Å²) in [5.74, 6) is 0.0624. The van der Waals surface area contributed by atoms with Crippen LogP contribution in [0.2, 0.25) is 0 Å². The summed E-state index contributed by atoms with van der Waals surface area (Å²) in [6, 6.07) is 12.8. The Bertz CT molecular complexity index is 989. The molecule has 0 saturated heterocycles. The SMILES string of the molecule is C/C(=N/Nc1ccccc1)c1cc2c(C)cc(=O)oc2c(C)c1O. The van der Waals surface area contributed by atoms with Gasteiger partial charge in [0.05, 0.1) is 11.4 Å². The van der Waals surface area contributed by atoms with Crippen molar-refractivity contribution in [3.8, 4) is 5.75 Å². The van der Waals surface area contributed by atoms with Gasteiger partial charge < -0.3 is 9.52 Å². The zero-order chi connectivity index (χ0) is 17.3. The summed E-state index contributed by atoms with van der Waals surface area (Å²) in [7, 11) is 0. The molecule has 0 unspecified atom stereocenters. The van der Waals surface area contributed by atoms with Crippen LogP contribution < -0.4 is 11.1 Å². The number of rotatable bonds is 3. The van der Waals surface area contributed by atoms with Gasteiger partial charge in [-0.15, -0.1) is 0 Å². The number of hydrogen-bond acceptors (Lipinski definition) is 5. The fourth-order valence-corrected chi connectivity index (χ4v) is 2.60. The summed E-state index contributed by atoms with van der Waals surface area (Å²) in [4.78, 5) is 11.6. The minimum Gasteiger partial charge on any atom is -0.507 e. The Morgan fingerprint density at radius 2 is 1.88 bits per heavy atom. The maximum Gasteiger partial charge on any atom is 0.336 e. The Kier molecular flexibility index (Phi) is 4.08. The lowest BCUT2D eigenvalue weighted by Crippen LogP contribution is -2.04. The van der Waals surface area contributed by atoms with Crippen molar-refractivity contribution in [2.45, 2.75) is 20.8 Å². The van der Waals surface area contributed by atoms with Crippen LogP contribution in [0.25, 0.3) is 11.0 Å². The molecule has 0 fully saturated rings. The van der Waals surface area contributed by atoms with Crippen LogP contribution in [0.4, 0.5) is 5.69 Å². The molecule has 24 heavy (non-hydrogen) atoms. The largest absolute Gasteiger partial charge is 0.507 e. The molecular weight excluding hydrogens is 304 g/mol. The predicted octanol–water partition coefficient (Wildman–Crippen LogP) is 3.95. The van der Waals surface area contributed by atoms with E-state index in [2.05, 4.69) is 10.5 Å². The molecule has 2 N–H and O–H groups in total. The highest BCUT2D eigenvalue weighted by molar-refractivity contribution is 6.05. The normalized spacial score (nSPS) is 11.7. The summed E-state index contributed by atoms with van der Waals surface area (Å²) >= 11 is 0. The standard InChI is InChI=1S/C19H18N2O3/c1-11-9-17(22)24-19-12(2)18(23)16(10-15(11)19)13(3)20-21-14-7-5-4-6-8-14/h4-10,21,23H,1-3H3/b20-13-. The topological polar surface area (TPSA) is 74.8 Å². The number of hydrogen-bond donors (Lipinski definition) is 2. The molecule has 0 amide bonds. The van der Waals surface area contributed by atoms with Crippen LogP contribution in [0, 0.1) is 13.8 Å². The molecular formula is C19H18N2O3. The number of phenolic OH excluding ortho intramolecular Hbond substituents is 1. The molecule has 3 rings (SSSR count). The molecule has 122 valence electrons. The van der Waals surface area contributed by atoms with Crippen LogP contribution in [0.1, 0.15) is 23.6 Å². The van der Waals surface area contributed by atoms with E-state index in [9.17, 15) is 9.90 Å². The van der Waals surface area contributed by atoms with Gasteiger partial charge in [0.25, 0.3) is 0 Å². The number of nitrogens with zero attached hydrogens (tertiary/aromatic N) is 1. The van der Waals surface area contributed by atoms with E-state index in [1.165, 1.54) is 6.07 Å².